The highest BCUT2D eigenvalue weighted by atomic mass is 32.1. The van der Waals surface area contributed by atoms with Crippen LogP contribution in [0, 0.1) is 0 Å². The first-order valence-corrected chi connectivity index (χ1v) is 8.68. The number of anilines is 1. The zero-order chi connectivity index (χ0) is 16.9. The number of nitrogens with zero attached hydrogens (tertiary/aromatic N) is 1. The van der Waals surface area contributed by atoms with E-state index in [1.165, 1.54) is 35.0 Å². The van der Waals surface area contributed by atoms with E-state index < -0.39 is 17.9 Å². The van der Waals surface area contributed by atoms with Crippen LogP contribution in [0.5, 0.6) is 0 Å². The summed E-state index contributed by atoms with van der Waals surface area (Å²) in [5.41, 5.74) is 0.837. The van der Waals surface area contributed by atoms with Crippen molar-refractivity contribution in [3.8, 4) is 0 Å². The summed E-state index contributed by atoms with van der Waals surface area (Å²) in [6, 6.07) is 6.92. The van der Waals surface area contributed by atoms with Gasteiger partial charge in [0.2, 0.25) is 0 Å². The Kier molecular flexibility index (Phi) is 5.04. The standard InChI is InChI=1S/C15H13N3O4S2/c19-13(9-4-6-23-8-9)11-2-1-10(24-11)7-16-14(20)15(21)17-12-3-5-22-18-12/h1-6,8,13,19H,7H2,(H,16,20)(H,17,18,21). The Morgan fingerprint density at radius 2 is 2.12 bits per heavy atom. The van der Waals surface area contributed by atoms with Crippen LogP contribution in [0.1, 0.15) is 21.4 Å². The molecule has 3 aromatic rings. The normalized spacial score (nSPS) is 11.9. The van der Waals surface area contributed by atoms with Gasteiger partial charge in [-0.3, -0.25) is 14.9 Å². The molecule has 124 valence electrons. The predicted molar refractivity (Wildman–Crippen MR) is 89.7 cm³/mol. The van der Waals surface area contributed by atoms with Crippen molar-refractivity contribution in [1.29, 1.82) is 0 Å². The first-order chi connectivity index (χ1) is 11.6. The van der Waals surface area contributed by atoms with E-state index in [-0.39, 0.29) is 12.4 Å². The van der Waals surface area contributed by atoms with E-state index >= 15 is 0 Å². The van der Waals surface area contributed by atoms with Crippen molar-refractivity contribution in [3.63, 3.8) is 0 Å². The SMILES string of the molecule is O=C(NCc1ccc(C(O)c2ccsc2)s1)C(=O)Nc1ccon1. The maximum atomic E-state index is 11.7. The second kappa shape index (κ2) is 7.39. The van der Waals surface area contributed by atoms with Crippen molar-refractivity contribution in [3.05, 3.63) is 56.6 Å². The number of hydrogen-bond acceptors (Lipinski definition) is 7. The summed E-state index contributed by atoms with van der Waals surface area (Å²) >= 11 is 2.90. The maximum Gasteiger partial charge on any atom is 0.314 e. The van der Waals surface area contributed by atoms with E-state index in [1.54, 1.807) is 0 Å². The third-order valence-electron chi connectivity index (χ3n) is 3.12. The molecule has 1 unspecified atom stereocenters. The van der Waals surface area contributed by atoms with Crippen LogP contribution in [0.3, 0.4) is 0 Å². The average Bonchev–Trinajstić information content (AvgIpc) is 3.33. The lowest BCUT2D eigenvalue weighted by atomic mass is 10.2. The fraction of sp³-hybridized carbons (Fsp3) is 0.133. The van der Waals surface area contributed by atoms with Gasteiger partial charge in [-0.05, 0) is 34.5 Å². The van der Waals surface area contributed by atoms with Crippen molar-refractivity contribution < 1.29 is 19.2 Å². The molecule has 3 heterocycles. The molecule has 0 radical (unpaired) electrons. The second-order valence-corrected chi connectivity index (χ2v) is 6.76. The number of aliphatic hydroxyl groups is 1. The lowest BCUT2D eigenvalue weighted by Crippen LogP contribution is -2.34. The molecule has 3 rings (SSSR count). The Morgan fingerprint density at radius 1 is 1.25 bits per heavy atom. The van der Waals surface area contributed by atoms with Gasteiger partial charge < -0.3 is 14.9 Å². The summed E-state index contributed by atoms with van der Waals surface area (Å²) in [7, 11) is 0. The molecule has 0 saturated heterocycles. The predicted octanol–water partition coefficient (Wildman–Crippen LogP) is 2.13. The highest BCUT2D eigenvalue weighted by Crippen LogP contribution is 2.29. The highest BCUT2D eigenvalue weighted by molar-refractivity contribution is 7.12. The minimum atomic E-state index is -0.820. The van der Waals surface area contributed by atoms with Gasteiger partial charge in [-0.2, -0.15) is 11.3 Å². The summed E-state index contributed by atoms with van der Waals surface area (Å²) in [6.45, 7) is 0.200. The quantitative estimate of drug-likeness (QED) is 0.603. The first kappa shape index (κ1) is 16.4. The Labute approximate surface area is 144 Å². The first-order valence-electron chi connectivity index (χ1n) is 6.92. The van der Waals surface area contributed by atoms with Crippen LogP contribution in [-0.2, 0) is 16.1 Å². The number of amides is 2. The minimum Gasteiger partial charge on any atom is -0.383 e. The van der Waals surface area contributed by atoms with Crippen LogP contribution in [0.25, 0.3) is 0 Å². The number of carbonyl (C=O) groups is 2. The van der Waals surface area contributed by atoms with Crippen LogP contribution in [-0.4, -0.2) is 22.1 Å². The van der Waals surface area contributed by atoms with Crippen molar-refractivity contribution in [2.45, 2.75) is 12.6 Å². The van der Waals surface area contributed by atoms with E-state index in [4.69, 9.17) is 0 Å². The molecule has 7 nitrogen and oxygen atoms in total. The van der Waals surface area contributed by atoms with Crippen molar-refractivity contribution in [2.24, 2.45) is 0 Å². The molecule has 0 bridgehead atoms. The topological polar surface area (TPSA) is 104 Å². The fourth-order valence-electron chi connectivity index (χ4n) is 1.93. The minimum absolute atomic E-state index is 0.174. The fourth-order valence-corrected chi connectivity index (χ4v) is 3.57. The zero-order valence-electron chi connectivity index (χ0n) is 12.3. The van der Waals surface area contributed by atoms with E-state index in [0.717, 1.165) is 15.3 Å². The third-order valence-corrected chi connectivity index (χ3v) is 4.96. The number of aromatic nitrogens is 1. The Bertz CT molecular complexity index is 812. The smallest absolute Gasteiger partial charge is 0.314 e. The summed E-state index contributed by atoms with van der Waals surface area (Å²) in [4.78, 5) is 25.0. The molecule has 0 aliphatic rings. The van der Waals surface area contributed by atoms with Gasteiger partial charge in [0.25, 0.3) is 0 Å². The van der Waals surface area contributed by atoms with Gasteiger partial charge >= 0.3 is 11.8 Å². The van der Waals surface area contributed by atoms with Gasteiger partial charge in [0, 0.05) is 15.8 Å². The molecule has 0 aliphatic carbocycles. The van der Waals surface area contributed by atoms with Crippen LogP contribution in [0.15, 0.2) is 45.8 Å². The van der Waals surface area contributed by atoms with E-state index in [9.17, 15) is 14.7 Å². The second-order valence-electron chi connectivity index (χ2n) is 4.78. The highest BCUT2D eigenvalue weighted by Gasteiger charge is 2.16. The molecule has 0 fully saturated rings. The molecule has 0 spiro atoms. The molecule has 24 heavy (non-hydrogen) atoms. The molecule has 9 heteroatoms. The van der Waals surface area contributed by atoms with E-state index in [0.29, 0.717) is 0 Å². The molecule has 1 atom stereocenters. The van der Waals surface area contributed by atoms with E-state index in [2.05, 4.69) is 20.3 Å². The number of nitrogens with one attached hydrogen (secondary N) is 2. The Balaban J connectivity index is 1.53. The zero-order valence-corrected chi connectivity index (χ0v) is 13.9. The number of thiophene rings is 2. The lowest BCUT2D eigenvalue weighted by molar-refractivity contribution is -0.136. The summed E-state index contributed by atoms with van der Waals surface area (Å²) in [5, 5.41) is 22.4. The van der Waals surface area contributed by atoms with Crippen LogP contribution < -0.4 is 10.6 Å². The Morgan fingerprint density at radius 3 is 2.83 bits per heavy atom. The van der Waals surface area contributed by atoms with Gasteiger partial charge in [0.05, 0.1) is 6.54 Å². The number of hydrogen-bond donors (Lipinski definition) is 3. The van der Waals surface area contributed by atoms with Gasteiger partial charge in [0.15, 0.2) is 5.82 Å². The summed E-state index contributed by atoms with van der Waals surface area (Å²) < 4.78 is 4.56. The molecular weight excluding hydrogens is 350 g/mol. The number of aliphatic hydroxyl groups excluding tert-OH is 1. The molecule has 0 saturated carbocycles. The van der Waals surface area contributed by atoms with Crippen molar-refractivity contribution in [2.75, 3.05) is 5.32 Å². The van der Waals surface area contributed by atoms with Crippen LogP contribution in [0.2, 0.25) is 0 Å². The van der Waals surface area contributed by atoms with Gasteiger partial charge in [-0.15, -0.1) is 11.3 Å². The number of carbonyl (C=O) groups excluding carboxylic acids is 2. The molecule has 0 aromatic carbocycles. The van der Waals surface area contributed by atoms with Gasteiger partial charge in [-0.25, -0.2) is 0 Å². The van der Waals surface area contributed by atoms with E-state index in [1.807, 2.05) is 29.0 Å². The maximum absolute atomic E-state index is 11.7. The number of rotatable bonds is 5. The van der Waals surface area contributed by atoms with Gasteiger partial charge in [0.1, 0.15) is 12.4 Å². The van der Waals surface area contributed by atoms with Crippen molar-refractivity contribution in [1.82, 2.24) is 10.5 Å². The molecule has 0 aliphatic heterocycles. The third kappa shape index (κ3) is 3.88. The van der Waals surface area contributed by atoms with Gasteiger partial charge in [-0.1, -0.05) is 5.16 Å². The van der Waals surface area contributed by atoms with Crippen molar-refractivity contribution >= 4 is 40.3 Å². The monoisotopic (exact) mass is 363 g/mol. The summed E-state index contributed by atoms with van der Waals surface area (Å²) in [5.74, 6) is -1.42. The molecule has 3 aromatic heterocycles. The van der Waals surface area contributed by atoms with Crippen LogP contribution >= 0.6 is 22.7 Å². The average molecular weight is 363 g/mol. The lowest BCUT2D eigenvalue weighted by Gasteiger charge is -2.05. The largest absolute Gasteiger partial charge is 0.383 e. The summed E-state index contributed by atoms with van der Waals surface area (Å²) in [6.07, 6.45) is 0.612. The van der Waals surface area contributed by atoms with Crippen LogP contribution in [0.4, 0.5) is 5.82 Å². The molecule has 3 N–H and O–H groups in total. The Hall–Kier alpha value is -2.49. The molecule has 2 amide bonds. The molecular formula is C15H13N3O4S2.